The van der Waals surface area contributed by atoms with Crippen molar-refractivity contribution >= 4 is 29.2 Å². The fourth-order valence-electron chi connectivity index (χ4n) is 0.335. The van der Waals surface area contributed by atoms with Gasteiger partial charge in [0.25, 0.3) is 5.89 Å². The van der Waals surface area contributed by atoms with Crippen molar-refractivity contribution in [3.8, 4) is 0 Å². The molecule has 0 saturated heterocycles. The number of halogens is 2. The van der Waals surface area contributed by atoms with Crippen LogP contribution < -0.4 is 5.73 Å². The van der Waals surface area contributed by atoms with Crippen LogP contribution >= 0.6 is 23.2 Å². The minimum Gasteiger partial charge on any atom is -0.405 e. The zero-order chi connectivity index (χ0) is 6.85. The molecule has 4 nitrogen and oxygen atoms in total. The molecule has 50 valence electrons. The van der Waals surface area contributed by atoms with Crippen LogP contribution in [0, 0.1) is 0 Å². The molecule has 0 amide bonds. The molecule has 0 aliphatic heterocycles. The van der Waals surface area contributed by atoms with Crippen LogP contribution in [0.5, 0.6) is 0 Å². The highest BCUT2D eigenvalue weighted by atomic mass is 35.5. The number of anilines is 1. The van der Waals surface area contributed by atoms with Crippen LogP contribution in [0.3, 0.4) is 0 Å². The zero-order valence-corrected chi connectivity index (χ0v) is 5.73. The lowest BCUT2D eigenvalue weighted by Gasteiger charge is -1.87. The number of alkyl halides is 2. The molecule has 0 atom stereocenters. The van der Waals surface area contributed by atoms with Gasteiger partial charge in [-0.15, -0.1) is 5.10 Å². The van der Waals surface area contributed by atoms with E-state index in [0.717, 1.165) is 0 Å². The summed E-state index contributed by atoms with van der Waals surface area (Å²) in [6.45, 7) is 0. The second-order valence-electron chi connectivity index (χ2n) is 1.28. The van der Waals surface area contributed by atoms with E-state index in [1.807, 2.05) is 0 Å². The van der Waals surface area contributed by atoms with E-state index in [1.54, 1.807) is 0 Å². The third kappa shape index (κ3) is 1.46. The molecule has 0 aromatic carbocycles. The third-order valence-electron chi connectivity index (χ3n) is 0.643. The Balaban J connectivity index is 2.85. The van der Waals surface area contributed by atoms with E-state index in [4.69, 9.17) is 28.9 Å². The smallest absolute Gasteiger partial charge is 0.312 e. The van der Waals surface area contributed by atoms with Gasteiger partial charge in [0.1, 0.15) is 0 Å². The van der Waals surface area contributed by atoms with Crippen molar-refractivity contribution in [2.24, 2.45) is 0 Å². The summed E-state index contributed by atoms with van der Waals surface area (Å²) in [6.07, 6.45) is 0. The normalized spacial score (nSPS) is 10.6. The molecule has 0 fully saturated rings. The van der Waals surface area contributed by atoms with Gasteiger partial charge in [0.15, 0.2) is 4.84 Å². The molecule has 6 heteroatoms. The van der Waals surface area contributed by atoms with Crippen molar-refractivity contribution in [1.29, 1.82) is 0 Å². The van der Waals surface area contributed by atoms with Crippen LogP contribution in [0.4, 0.5) is 6.01 Å². The molecule has 1 aromatic rings. The molecule has 0 bridgehead atoms. The molecule has 0 radical (unpaired) electrons. The van der Waals surface area contributed by atoms with E-state index in [1.165, 1.54) is 0 Å². The zero-order valence-electron chi connectivity index (χ0n) is 4.21. The number of nitrogens with two attached hydrogens (primary N) is 1. The highest BCUT2D eigenvalue weighted by Crippen LogP contribution is 2.22. The van der Waals surface area contributed by atoms with Crippen molar-refractivity contribution in [3.63, 3.8) is 0 Å². The van der Waals surface area contributed by atoms with Gasteiger partial charge < -0.3 is 10.2 Å². The number of aromatic nitrogens is 2. The maximum Gasteiger partial charge on any atom is 0.312 e. The molecule has 9 heavy (non-hydrogen) atoms. The lowest BCUT2D eigenvalue weighted by Crippen LogP contribution is -1.81. The van der Waals surface area contributed by atoms with Gasteiger partial charge in [-0.25, -0.2) is 0 Å². The lowest BCUT2D eigenvalue weighted by atomic mass is 10.8. The predicted molar refractivity (Wildman–Crippen MR) is 33.2 cm³/mol. The van der Waals surface area contributed by atoms with Crippen LogP contribution in [0.2, 0.25) is 0 Å². The molecule has 1 heterocycles. The lowest BCUT2D eigenvalue weighted by molar-refractivity contribution is 0.528. The van der Waals surface area contributed by atoms with E-state index in [-0.39, 0.29) is 11.9 Å². The van der Waals surface area contributed by atoms with Crippen LogP contribution in [0.15, 0.2) is 4.42 Å². The summed E-state index contributed by atoms with van der Waals surface area (Å²) in [5, 5.41) is 6.74. The Kier molecular flexibility index (Phi) is 1.78. The van der Waals surface area contributed by atoms with Crippen LogP contribution in [-0.4, -0.2) is 10.2 Å². The summed E-state index contributed by atoms with van der Waals surface area (Å²) in [5.41, 5.74) is 5.06. The topological polar surface area (TPSA) is 64.9 Å². The van der Waals surface area contributed by atoms with Gasteiger partial charge >= 0.3 is 6.01 Å². The first kappa shape index (κ1) is 6.64. The van der Waals surface area contributed by atoms with Crippen molar-refractivity contribution < 1.29 is 4.42 Å². The second kappa shape index (κ2) is 2.41. The standard InChI is InChI=1S/C3H3Cl2N3O/c4-1(5)2-7-8-3(6)9-2/h1H,(H2,6,8). The van der Waals surface area contributed by atoms with Crippen LogP contribution in [0.25, 0.3) is 0 Å². The molecule has 0 saturated carbocycles. The second-order valence-corrected chi connectivity index (χ2v) is 2.38. The van der Waals surface area contributed by atoms with Crippen molar-refractivity contribution in [1.82, 2.24) is 10.2 Å². The Morgan fingerprint density at radius 1 is 1.44 bits per heavy atom. The molecule has 1 aromatic heterocycles. The van der Waals surface area contributed by atoms with E-state index >= 15 is 0 Å². The van der Waals surface area contributed by atoms with Crippen molar-refractivity contribution in [3.05, 3.63) is 5.89 Å². The first-order valence-electron chi connectivity index (χ1n) is 2.07. The van der Waals surface area contributed by atoms with Crippen molar-refractivity contribution in [2.75, 3.05) is 5.73 Å². The number of rotatable bonds is 1. The SMILES string of the molecule is Nc1nnc(C(Cl)Cl)o1. The fourth-order valence-corrected chi connectivity index (χ4v) is 0.511. The van der Waals surface area contributed by atoms with Gasteiger partial charge in [0.05, 0.1) is 0 Å². The summed E-state index contributed by atoms with van der Waals surface area (Å²) in [5.74, 6) is 0.121. The van der Waals surface area contributed by atoms with Gasteiger partial charge in [0.2, 0.25) is 0 Å². The van der Waals surface area contributed by atoms with Gasteiger partial charge in [0, 0.05) is 0 Å². The highest BCUT2D eigenvalue weighted by Gasteiger charge is 2.10. The molecular formula is C3H3Cl2N3O. The molecule has 0 aliphatic rings. The Labute approximate surface area is 60.9 Å². The molecule has 2 N–H and O–H groups in total. The van der Waals surface area contributed by atoms with Crippen LogP contribution in [0.1, 0.15) is 10.7 Å². The average Bonchev–Trinajstić information content (AvgIpc) is 2.14. The fraction of sp³-hybridized carbons (Fsp3) is 0.333. The van der Waals surface area contributed by atoms with Gasteiger partial charge in [-0.3, -0.25) is 0 Å². The first-order chi connectivity index (χ1) is 4.20. The Bertz CT molecular complexity index is 199. The molecular weight excluding hydrogens is 165 g/mol. The maximum absolute atomic E-state index is 5.33. The number of nitrogen functional groups attached to an aromatic ring is 1. The van der Waals surface area contributed by atoms with Crippen molar-refractivity contribution in [2.45, 2.75) is 4.84 Å². The summed E-state index contributed by atoms with van der Waals surface area (Å²) >= 11 is 10.7. The summed E-state index contributed by atoms with van der Waals surface area (Å²) in [6, 6.07) is -0.0312. The molecule has 0 aliphatic carbocycles. The minimum atomic E-state index is -0.796. The number of hydrogen-bond donors (Lipinski definition) is 1. The maximum atomic E-state index is 5.33. The van der Waals surface area contributed by atoms with Gasteiger partial charge in [-0.2, -0.15) is 0 Å². The molecule has 0 spiro atoms. The Morgan fingerprint density at radius 3 is 2.33 bits per heavy atom. The minimum absolute atomic E-state index is 0.0312. The van der Waals surface area contributed by atoms with E-state index in [2.05, 4.69) is 14.6 Å². The van der Waals surface area contributed by atoms with Crippen LogP contribution in [-0.2, 0) is 0 Å². The van der Waals surface area contributed by atoms with E-state index < -0.39 is 4.84 Å². The van der Waals surface area contributed by atoms with E-state index in [9.17, 15) is 0 Å². The largest absolute Gasteiger partial charge is 0.405 e. The summed E-state index contributed by atoms with van der Waals surface area (Å²) in [7, 11) is 0. The van der Waals surface area contributed by atoms with Gasteiger partial charge in [-0.05, 0) is 0 Å². The monoisotopic (exact) mass is 167 g/mol. The highest BCUT2D eigenvalue weighted by molar-refractivity contribution is 6.43. The Hall–Kier alpha value is -0.480. The first-order valence-corrected chi connectivity index (χ1v) is 2.94. The molecule has 0 unspecified atom stereocenters. The summed E-state index contributed by atoms with van der Waals surface area (Å²) < 4.78 is 4.64. The van der Waals surface area contributed by atoms with E-state index in [0.29, 0.717) is 0 Å². The molecule has 1 rings (SSSR count). The third-order valence-corrected chi connectivity index (χ3v) is 1.02. The summed E-state index contributed by atoms with van der Waals surface area (Å²) in [4.78, 5) is -0.796. The Morgan fingerprint density at radius 2 is 2.11 bits per heavy atom. The number of hydrogen-bond acceptors (Lipinski definition) is 4. The predicted octanol–water partition coefficient (Wildman–Crippen LogP) is 1.13. The number of nitrogens with zero attached hydrogens (tertiary/aromatic N) is 2. The quantitative estimate of drug-likeness (QED) is 0.638. The average molecular weight is 168 g/mol. The van der Waals surface area contributed by atoms with Gasteiger partial charge in [-0.1, -0.05) is 28.3 Å².